The van der Waals surface area contributed by atoms with Crippen molar-refractivity contribution in [3.05, 3.63) is 125 Å². The highest BCUT2D eigenvalue weighted by atomic mass is 35.5. The highest BCUT2D eigenvalue weighted by Crippen LogP contribution is 2.38. The van der Waals surface area contributed by atoms with E-state index in [-0.39, 0.29) is 31.0 Å². The van der Waals surface area contributed by atoms with Gasteiger partial charge >= 0.3 is 5.51 Å². The van der Waals surface area contributed by atoms with Crippen molar-refractivity contribution in [2.24, 2.45) is 0 Å². The Kier molecular flexibility index (Phi) is 15.2. The van der Waals surface area contributed by atoms with Crippen LogP contribution in [0.1, 0.15) is 29.7 Å². The lowest BCUT2D eigenvalue weighted by Gasteiger charge is -2.42. The normalized spacial score (nSPS) is 19.5. The fraction of sp³-hybridized carbons (Fsp3) is 0.391. The Labute approximate surface area is 392 Å². The number of alkyl halides is 4. The van der Waals surface area contributed by atoms with Gasteiger partial charge in [-0.05, 0) is 78.4 Å². The number of sulfonamides is 1. The average molecular weight is 989 g/mol. The first kappa shape index (κ1) is 48.1. The topological polar surface area (TPSA) is 137 Å². The maximum Gasteiger partial charge on any atom is 0.501 e. The van der Waals surface area contributed by atoms with E-state index in [9.17, 15) is 30.0 Å². The summed E-state index contributed by atoms with van der Waals surface area (Å²) in [6.07, 6.45) is 1.27. The number of aromatic nitrogens is 2. The lowest BCUT2D eigenvalue weighted by molar-refractivity contribution is -0.0435. The standard InChI is InChI=1S/C46H50ClF4N7O5S3/c47-34-12-10-32(11-13-34)38-9-5-4-6-33(38)27-57-20-18-43(40(48)28-57)58-21-17-39-42(29-58)52-31-53-45(39)55-66(61,62)37-14-15-41(44(26-37)65(59,60)46(49,50)51)54-35(16-19-56-22-24-63-25-23-56)30-64-36-7-2-1-3-8-36/h1-15,26,31,35,40,43,54H,16-25,27-30H2,(H,52,53,55)/t35-,40+,43+/m1/s1. The molecule has 3 aliphatic heterocycles. The number of hydrogen-bond donors (Lipinski definition) is 2. The van der Waals surface area contributed by atoms with E-state index in [0.29, 0.717) is 93.4 Å². The zero-order valence-corrected chi connectivity index (χ0v) is 39.0. The maximum absolute atomic E-state index is 16.1. The molecule has 0 unspecified atom stereocenters. The smallest absolute Gasteiger partial charge is 0.380 e. The monoisotopic (exact) mass is 987 g/mol. The molecule has 0 saturated carbocycles. The fourth-order valence-electron chi connectivity index (χ4n) is 8.68. The van der Waals surface area contributed by atoms with E-state index >= 15 is 4.39 Å². The molecule has 4 heterocycles. The Bertz CT molecular complexity index is 2680. The summed E-state index contributed by atoms with van der Waals surface area (Å²) in [4.78, 5) is 13.9. The second-order valence-corrected chi connectivity index (χ2v) is 21.7. The number of fused-ring (bicyclic) bond motifs is 1. The first-order valence-electron chi connectivity index (χ1n) is 21.6. The summed E-state index contributed by atoms with van der Waals surface area (Å²) < 4.78 is 121. The molecular formula is C46H50ClF4N7O5S3. The molecule has 2 fully saturated rings. The number of ether oxygens (including phenoxy) is 1. The van der Waals surface area contributed by atoms with Crippen molar-refractivity contribution < 1.29 is 39.1 Å². The van der Waals surface area contributed by atoms with Crippen LogP contribution >= 0.6 is 23.4 Å². The molecule has 0 aliphatic carbocycles. The number of morpholine rings is 1. The van der Waals surface area contributed by atoms with Crippen molar-refractivity contribution in [1.82, 2.24) is 24.7 Å². The summed E-state index contributed by atoms with van der Waals surface area (Å²) in [5.41, 5.74) is -1.99. The molecule has 0 spiro atoms. The third kappa shape index (κ3) is 11.5. The molecule has 352 valence electrons. The first-order valence-corrected chi connectivity index (χ1v) is 26.0. The van der Waals surface area contributed by atoms with E-state index in [0.717, 1.165) is 33.7 Å². The van der Waals surface area contributed by atoms with Crippen molar-refractivity contribution in [2.45, 2.75) is 70.8 Å². The lowest BCUT2D eigenvalue weighted by atomic mass is 9.95. The van der Waals surface area contributed by atoms with Crippen LogP contribution in [0.25, 0.3) is 11.1 Å². The molecular weight excluding hydrogens is 938 g/mol. The van der Waals surface area contributed by atoms with Crippen molar-refractivity contribution >= 4 is 54.7 Å². The molecule has 2 saturated heterocycles. The number of hydrogen-bond acceptors (Lipinski definition) is 12. The summed E-state index contributed by atoms with van der Waals surface area (Å²) in [6, 6.07) is 26.8. The average Bonchev–Trinajstić information content (AvgIpc) is 3.30. The number of anilines is 2. The molecule has 0 radical (unpaired) electrons. The largest absolute Gasteiger partial charge is 0.501 e. The summed E-state index contributed by atoms with van der Waals surface area (Å²) in [5.74, 6) is 0.290. The minimum absolute atomic E-state index is 0.0887. The summed E-state index contributed by atoms with van der Waals surface area (Å²) in [5, 5.41) is 3.68. The highest BCUT2D eigenvalue weighted by molar-refractivity contribution is 7.99. The Morgan fingerprint density at radius 3 is 2.36 bits per heavy atom. The number of likely N-dealkylation sites (tertiary alicyclic amines) is 1. The van der Waals surface area contributed by atoms with Gasteiger partial charge in [0.25, 0.3) is 19.9 Å². The first-order chi connectivity index (χ1) is 31.6. The van der Waals surface area contributed by atoms with Crippen molar-refractivity contribution in [2.75, 3.05) is 68.3 Å². The van der Waals surface area contributed by atoms with Crippen LogP contribution in [-0.2, 0) is 44.1 Å². The van der Waals surface area contributed by atoms with Gasteiger partial charge in [-0.2, -0.15) is 13.2 Å². The molecule has 5 aromatic rings. The van der Waals surface area contributed by atoms with Gasteiger partial charge in [-0.15, -0.1) is 11.8 Å². The van der Waals surface area contributed by atoms with Crippen molar-refractivity contribution in [1.29, 1.82) is 0 Å². The zero-order valence-electron chi connectivity index (χ0n) is 35.8. The van der Waals surface area contributed by atoms with Crippen molar-refractivity contribution in [3.63, 3.8) is 0 Å². The number of nitrogens with zero attached hydrogens (tertiary/aromatic N) is 5. The predicted octanol–water partition coefficient (Wildman–Crippen LogP) is 8.16. The molecule has 20 heteroatoms. The van der Waals surface area contributed by atoms with E-state index in [1.54, 1.807) is 0 Å². The molecule has 3 atom stereocenters. The predicted molar refractivity (Wildman–Crippen MR) is 249 cm³/mol. The molecule has 66 heavy (non-hydrogen) atoms. The molecule has 0 amide bonds. The minimum Gasteiger partial charge on any atom is -0.380 e. The van der Waals surface area contributed by atoms with Gasteiger partial charge in [0.1, 0.15) is 23.2 Å². The van der Waals surface area contributed by atoms with E-state index in [1.165, 1.54) is 18.1 Å². The second-order valence-electron chi connectivity index (χ2n) is 16.6. The van der Waals surface area contributed by atoms with Gasteiger partial charge in [0.2, 0.25) is 0 Å². The van der Waals surface area contributed by atoms with E-state index in [4.69, 9.17) is 16.3 Å². The third-order valence-electron chi connectivity index (χ3n) is 12.2. The second kappa shape index (κ2) is 20.9. The van der Waals surface area contributed by atoms with Gasteiger partial charge in [-0.1, -0.05) is 66.2 Å². The highest BCUT2D eigenvalue weighted by Gasteiger charge is 2.48. The fourth-order valence-corrected chi connectivity index (χ4v) is 11.9. The Morgan fingerprint density at radius 2 is 1.62 bits per heavy atom. The Morgan fingerprint density at radius 1 is 0.879 bits per heavy atom. The molecule has 8 rings (SSSR count). The number of nitrogens with one attached hydrogen (secondary N) is 2. The van der Waals surface area contributed by atoms with Gasteiger partial charge in [-0.3, -0.25) is 19.4 Å². The van der Waals surface area contributed by atoms with Crippen LogP contribution in [0.15, 0.2) is 118 Å². The van der Waals surface area contributed by atoms with Gasteiger partial charge < -0.3 is 10.1 Å². The van der Waals surface area contributed by atoms with E-state index in [1.807, 2.05) is 83.8 Å². The van der Waals surface area contributed by atoms with Crippen LogP contribution in [0.3, 0.4) is 0 Å². The van der Waals surface area contributed by atoms with Crippen LogP contribution in [0.4, 0.5) is 29.1 Å². The number of benzene rings is 4. The summed E-state index contributed by atoms with van der Waals surface area (Å²) in [6.45, 7) is 5.08. The number of rotatable bonds is 16. The van der Waals surface area contributed by atoms with Crippen LogP contribution in [0.5, 0.6) is 0 Å². The molecule has 3 aliphatic rings. The van der Waals surface area contributed by atoms with E-state index < -0.39 is 53.4 Å². The number of halogens is 5. The van der Waals surface area contributed by atoms with Crippen LogP contribution in [0.2, 0.25) is 5.02 Å². The van der Waals surface area contributed by atoms with Crippen LogP contribution in [0, 0.1) is 0 Å². The molecule has 4 aromatic carbocycles. The van der Waals surface area contributed by atoms with Gasteiger partial charge in [0, 0.05) is 85.7 Å². The number of piperidine rings is 1. The number of thioether (sulfide) groups is 1. The molecule has 1 aromatic heterocycles. The quantitative estimate of drug-likeness (QED) is 0.0730. The van der Waals surface area contributed by atoms with Gasteiger partial charge in [-0.25, -0.2) is 31.2 Å². The van der Waals surface area contributed by atoms with Crippen LogP contribution in [-0.4, -0.2) is 124 Å². The molecule has 2 N–H and O–H groups in total. The zero-order chi connectivity index (χ0) is 46.5. The number of sulfone groups is 1. The van der Waals surface area contributed by atoms with Gasteiger partial charge in [0.05, 0.1) is 29.5 Å². The third-order valence-corrected chi connectivity index (χ3v) is 16.5. The molecule has 0 bridgehead atoms. The van der Waals surface area contributed by atoms with Crippen LogP contribution < -0.4 is 10.0 Å². The van der Waals surface area contributed by atoms with E-state index in [2.05, 4.69) is 29.8 Å². The Hall–Kier alpha value is -4.34. The lowest BCUT2D eigenvalue weighted by Crippen LogP contribution is -2.53. The summed E-state index contributed by atoms with van der Waals surface area (Å²) >= 11 is 7.58. The molecule has 12 nitrogen and oxygen atoms in total. The SMILES string of the molecule is O=S(=O)(Nc1ncnc2c1CCN([C@H]1CCN(Cc3ccccc3-c3ccc(Cl)cc3)C[C@@H]1F)C2)c1ccc(N[C@H](CCN2CCOCC2)CSc2ccccc2)c(S(=O)(=O)C(F)(F)F)c1. The van der Waals surface area contributed by atoms with Crippen molar-refractivity contribution in [3.8, 4) is 11.1 Å². The summed E-state index contributed by atoms with van der Waals surface area (Å²) in [7, 11) is -10.7. The Balaban J connectivity index is 0.964. The van der Waals surface area contributed by atoms with Gasteiger partial charge in [0.15, 0.2) is 0 Å². The minimum atomic E-state index is -6.04. The maximum atomic E-state index is 16.1.